The molecule has 0 saturated carbocycles. The number of nitrogen functional groups attached to an aromatic ring is 1. The Bertz CT molecular complexity index is 746. The minimum Gasteiger partial charge on any atom is -0.496 e. The van der Waals surface area contributed by atoms with Gasteiger partial charge in [0.15, 0.2) is 5.16 Å². The van der Waals surface area contributed by atoms with Gasteiger partial charge in [-0.15, -0.1) is 0 Å². The van der Waals surface area contributed by atoms with Crippen LogP contribution in [0.1, 0.15) is 0 Å². The molecule has 0 unspecified atom stereocenters. The molecule has 21 heavy (non-hydrogen) atoms. The van der Waals surface area contributed by atoms with Crippen LogP contribution in [0.4, 0.5) is 5.95 Å². The van der Waals surface area contributed by atoms with E-state index in [2.05, 4.69) is 19.9 Å². The molecule has 0 aliphatic carbocycles. The number of imidazole rings is 1. The molecule has 0 aliphatic rings. The number of rotatable bonds is 4. The number of benzene rings is 1. The van der Waals surface area contributed by atoms with Gasteiger partial charge in [-0.2, -0.15) is 15.0 Å². The van der Waals surface area contributed by atoms with Gasteiger partial charge in [-0.1, -0.05) is 12.1 Å². The Hall–Kier alpha value is -2.61. The molecule has 2 N–H and O–H groups in total. The van der Waals surface area contributed by atoms with Gasteiger partial charge in [0.1, 0.15) is 12.1 Å². The van der Waals surface area contributed by atoms with E-state index in [-0.39, 0.29) is 5.95 Å². The summed E-state index contributed by atoms with van der Waals surface area (Å²) in [6, 6.07) is 7.64. The summed E-state index contributed by atoms with van der Waals surface area (Å²) in [6.07, 6.45) is 4.99. The third-order valence-electron chi connectivity index (χ3n) is 2.63. The van der Waals surface area contributed by atoms with Gasteiger partial charge in [-0.05, 0) is 23.9 Å². The largest absolute Gasteiger partial charge is 0.496 e. The minimum absolute atomic E-state index is 0.158. The maximum absolute atomic E-state index is 5.75. The van der Waals surface area contributed by atoms with Gasteiger partial charge in [0, 0.05) is 12.4 Å². The van der Waals surface area contributed by atoms with Gasteiger partial charge in [0.05, 0.1) is 12.0 Å². The van der Waals surface area contributed by atoms with Crippen LogP contribution >= 0.6 is 11.8 Å². The van der Waals surface area contributed by atoms with Gasteiger partial charge >= 0.3 is 0 Å². The summed E-state index contributed by atoms with van der Waals surface area (Å²) in [5.41, 5.74) is 5.75. The molecule has 1 aromatic carbocycles. The fourth-order valence-corrected chi connectivity index (χ4v) is 2.56. The zero-order valence-electron chi connectivity index (χ0n) is 11.2. The molecule has 8 heteroatoms. The predicted octanol–water partition coefficient (Wildman–Crippen LogP) is 1.80. The number of para-hydroxylation sites is 1. The number of ether oxygens (including phenoxy) is 1. The average Bonchev–Trinajstić information content (AvgIpc) is 3.01. The molecule has 0 amide bonds. The fraction of sp³-hybridized carbons (Fsp3) is 0.0769. The molecular formula is C13H12N6OS. The first-order valence-electron chi connectivity index (χ1n) is 6.07. The van der Waals surface area contributed by atoms with Crippen molar-refractivity contribution in [1.82, 2.24) is 24.5 Å². The summed E-state index contributed by atoms with van der Waals surface area (Å²) in [7, 11) is 1.62. The molecular weight excluding hydrogens is 288 g/mol. The summed E-state index contributed by atoms with van der Waals surface area (Å²) in [4.78, 5) is 17.5. The lowest BCUT2D eigenvalue weighted by atomic mass is 10.3. The lowest BCUT2D eigenvalue weighted by molar-refractivity contribution is 0.405. The Morgan fingerprint density at radius 1 is 1.19 bits per heavy atom. The molecule has 0 bridgehead atoms. The van der Waals surface area contributed by atoms with Crippen LogP contribution in [0.15, 0.2) is 53.0 Å². The molecule has 0 aliphatic heterocycles. The number of methoxy groups -OCH3 is 1. The molecule has 3 rings (SSSR count). The molecule has 0 spiro atoms. The number of anilines is 1. The number of hydrogen-bond donors (Lipinski definition) is 1. The highest BCUT2D eigenvalue weighted by molar-refractivity contribution is 7.99. The highest BCUT2D eigenvalue weighted by atomic mass is 32.2. The maximum atomic E-state index is 5.75. The fourth-order valence-electron chi connectivity index (χ4n) is 1.70. The monoisotopic (exact) mass is 300 g/mol. The quantitative estimate of drug-likeness (QED) is 0.785. The van der Waals surface area contributed by atoms with E-state index in [0.29, 0.717) is 11.1 Å². The van der Waals surface area contributed by atoms with Crippen molar-refractivity contribution < 1.29 is 4.74 Å². The second-order valence-electron chi connectivity index (χ2n) is 4.00. The highest BCUT2D eigenvalue weighted by Crippen LogP contribution is 2.32. The first kappa shape index (κ1) is 13.4. The number of aromatic nitrogens is 5. The molecule has 0 saturated heterocycles. The van der Waals surface area contributed by atoms with E-state index in [4.69, 9.17) is 10.5 Å². The van der Waals surface area contributed by atoms with Crippen LogP contribution in [0, 0.1) is 0 Å². The van der Waals surface area contributed by atoms with Gasteiger partial charge < -0.3 is 10.5 Å². The van der Waals surface area contributed by atoms with Crippen molar-refractivity contribution in [3.8, 4) is 11.7 Å². The molecule has 7 nitrogen and oxygen atoms in total. The van der Waals surface area contributed by atoms with Crippen LogP contribution in [0.25, 0.3) is 5.95 Å². The van der Waals surface area contributed by atoms with Crippen molar-refractivity contribution in [2.24, 2.45) is 0 Å². The summed E-state index contributed by atoms with van der Waals surface area (Å²) in [5, 5.41) is 0.496. The third kappa shape index (κ3) is 2.95. The van der Waals surface area contributed by atoms with Crippen molar-refractivity contribution in [2.75, 3.05) is 12.8 Å². The highest BCUT2D eigenvalue weighted by Gasteiger charge is 2.10. The Balaban J connectivity index is 1.96. The van der Waals surface area contributed by atoms with Crippen molar-refractivity contribution in [1.29, 1.82) is 0 Å². The molecule has 2 heterocycles. The zero-order valence-corrected chi connectivity index (χ0v) is 12.0. The van der Waals surface area contributed by atoms with Crippen LogP contribution in [-0.2, 0) is 0 Å². The summed E-state index contributed by atoms with van der Waals surface area (Å²) < 4.78 is 6.98. The normalized spacial score (nSPS) is 10.5. The summed E-state index contributed by atoms with van der Waals surface area (Å²) in [6.45, 7) is 0. The van der Waals surface area contributed by atoms with Crippen molar-refractivity contribution in [3.05, 3.63) is 43.0 Å². The Labute approximate surface area is 125 Å². The summed E-state index contributed by atoms with van der Waals surface area (Å²) >= 11 is 1.36. The SMILES string of the molecule is COc1ccccc1Sc1nc(N)nc(-n2ccnc2)n1. The van der Waals surface area contributed by atoms with Crippen molar-refractivity contribution in [3.63, 3.8) is 0 Å². The average molecular weight is 300 g/mol. The van der Waals surface area contributed by atoms with E-state index in [1.165, 1.54) is 11.8 Å². The van der Waals surface area contributed by atoms with Crippen molar-refractivity contribution in [2.45, 2.75) is 10.1 Å². The van der Waals surface area contributed by atoms with E-state index >= 15 is 0 Å². The van der Waals surface area contributed by atoms with Crippen LogP contribution in [0.2, 0.25) is 0 Å². The molecule has 0 atom stereocenters. The number of nitrogens with two attached hydrogens (primary N) is 1. The summed E-state index contributed by atoms with van der Waals surface area (Å²) in [5.74, 6) is 1.34. The maximum Gasteiger partial charge on any atom is 0.240 e. The first-order chi connectivity index (χ1) is 10.3. The topological polar surface area (TPSA) is 91.7 Å². The van der Waals surface area contributed by atoms with Gasteiger partial charge in [-0.25, -0.2) is 4.98 Å². The molecule has 106 valence electrons. The Morgan fingerprint density at radius 2 is 2.05 bits per heavy atom. The molecule has 2 aromatic heterocycles. The smallest absolute Gasteiger partial charge is 0.240 e. The zero-order chi connectivity index (χ0) is 14.7. The number of hydrogen-bond acceptors (Lipinski definition) is 7. The van der Waals surface area contributed by atoms with E-state index in [1.807, 2.05) is 24.3 Å². The molecule has 0 radical (unpaired) electrons. The van der Waals surface area contributed by atoms with Crippen molar-refractivity contribution >= 4 is 17.7 Å². The third-order valence-corrected chi connectivity index (χ3v) is 3.55. The van der Waals surface area contributed by atoms with E-state index < -0.39 is 0 Å². The van der Waals surface area contributed by atoms with E-state index in [0.717, 1.165) is 10.6 Å². The van der Waals surface area contributed by atoms with Crippen LogP contribution in [-0.4, -0.2) is 31.6 Å². The molecule has 0 fully saturated rings. The van der Waals surface area contributed by atoms with Gasteiger partial charge in [-0.3, -0.25) is 4.57 Å². The predicted molar refractivity (Wildman–Crippen MR) is 78.5 cm³/mol. The Kier molecular flexibility index (Phi) is 3.69. The molecule has 3 aromatic rings. The van der Waals surface area contributed by atoms with Crippen LogP contribution in [0.3, 0.4) is 0 Å². The Morgan fingerprint density at radius 3 is 2.81 bits per heavy atom. The van der Waals surface area contributed by atoms with Gasteiger partial charge in [0.25, 0.3) is 0 Å². The minimum atomic E-state index is 0.158. The van der Waals surface area contributed by atoms with Crippen LogP contribution in [0.5, 0.6) is 5.75 Å². The first-order valence-corrected chi connectivity index (χ1v) is 6.88. The number of nitrogens with zero attached hydrogens (tertiary/aromatic N) is 5. The van der Waals surface area contributed by atoms with Gasteiger partial charge in [0.2, 0.25) is 11.9 Å². The van der Waals surface area contributed by atoms with E-state index in [1.54, 1.807) is 30.4 Å². The second-order valence-corrected chi connectivity index (χ2v) is 5.01. The second kappa shape index (κ2) is 5.80. The lowest BCUT2D eigenvalue weighted by Crippen LogP contribution is -2.06. The lowest BCUT2D eigenvalue weighted by Gasteiger charge is -2.08. The van der Waals surface area contributed by atoms with E-state index in [9.17, 15) is 0 Å². The standard InChI is InChI=1S/C13H12N6OS/c1-20-9-4-2-3-5-10(9)21-13-17-11(14)16-12(18-13)19-7-6-15-8-19/h2-8H,1H3,(H2,14,16,17,18). The van der Waals surface area contributed by atoms with Crippen LogP contribution < -0.4 is 10.5 Å².